The summed E-state index contributed by atoms with van der Waals surface area (Å²) < 4.78 is 6.06. The van der Waals surface area contributed by atoms with E-state index < -0.39 is 5.92 Å². The minimum atomic E-state index is -0.467. The summed E-state index contributed by atoms with van der Waals surface area (Å²) in [6.07, 6.45) is 1.73. The number of carbonyl (C=O) groups is 1. The molecule has 5 rings (SSSR count). The van der Waals surface area contributed by atoms with Gasteiger partial charge in [0.1, 0.15) is 11.5 Å². The molecule has 0 N–H and O–H groups in total. The van der Waals surface area contributed by atoms with Crippen LogP contribution in [0.3, 0.4) is 0 Å². The first kappa shape index (κ1) is 19.3. The molecule has 0 saturated carbocycles. The lowest BCUT2D eigenvalue weighted by Crippen LogP contribution is -2.36. The fourth-order valence-corrected chi connectivity index (χ4v) is 4.70. The van der Waals surface area contributed by atoms with Gasteiger partial charge < -0.3 is 4.74 Å². The van der Waals surface area contributed by atoms with Gasteiger partial charge in [0, 0.05) is 28.6 Å². The number of anilines is 1. The van der Waals surface area contributed by atoms with Crippen LogP contribution in [-0.4, -0.2) is 17.4 Å². The van der Waals surface area contributed by atoms with Gasteiger partial charge in [0.15, 0.2) is 5.13 Å². The van der Waals surface area contributed by atoms with Gasteiger partial charge in [0.2, 0.25) is 5.91 Å². The lowest BCUT2D eigenvalue weighted by atomic mass is 9.87. The molecule has 0 spiro atoms. The first-order chi connectivity index (χ1) is 15.3. The third kappa shape index (κ3) is 3.53. The number of amides is 1. The maximum atomic E-state index is 13.9. The number of rotatable bonds is 5. The number of aromatic nitrogens is 1. The molecule has 3 aromatic carbocycles. The lowest BCUT2D eigenvalue weighted by Gasteiger charge is -2.30. The molecule has 0 aliphatic carbocycles. The smallest absolute Gasteiger partial charge is 0.241 e. The minimum Gasteiger partial charge on any atom is -0.457 e. The van der Waals surface area contributed by atoms with Gasteiger partial charge >= 0.3 is 0 Å². The average molecular weight is 425 g/mol. The van der Waals surface area contributed by atoms with Gasteiger partial charge in [-0.2, -0.15) is 0 Å². The van der Waals surface area contributed by atoms with Crippen LogP contribution in [0.5, 0.6) is 11.5 Å². The standard InChI is InChI=1S/C26H20N2O2S/c1-2-16-28(26-27-21(17-31-26)18-10-4-3-5-11-18)25(29)24-19-12-6-8-14-22(19)30-23-15-9-7-13-20(23)24/h2-15,17,24H,1,16H2. The Balaban J connectivity index is 1.57. The van der Waals surface area contributed by atoms with Crippen molar-refractivity contribution in [2.45, 2.75) is 5.92 Å². The third-order valence-corrected chi connectivity index (χ3v) is 6.16. The highest BCUT2D eigenvalue weighted by Gasteiger charge is 2.36. The normalized spacial score (nSPS) is 12.4. The van der Waals surface area contributed by atoms with Crippen LogP contribution in [-0.2, 0) is 4.79 Å². The van der Waals surface area contributed by atoms with Crippen molar-refractivity contribution in [1.82, 2.24) is 4.98 Å². The summed E-state index contributed by atoms with van der Waals surface area (Å²) in [6.45, 7) is 4.24. The molecule has 0 unspecified atom stereocenters. The first-order valence-electron chi connectivity index (χ1n) is 10.0. The quantitative estimate of drug-likeness (QED) is 0.355. The molecular weight excluding hydrogens is 404 g/mol. The monoisotopic (exact) mass is 424 g/mol. The number of para-hydroxylation sites is 2. The zero-order valence-corrected chi connectivity index (χ0v) is 17.6. The summed E-state index contributed by atoms with van der Waals surface area (Å²) in [5, 5.41) is 2.64. The lowest BCUT2D eigenvalue weighted by molar-refractivity contribution is -0.119. The molecule has 1 amide bonds. The molecule has 0 atom stereocenters. The number of hydrogen-bond acceptors (Lipinski definition) is 4. The topological polar surface area (TPSA) is 42.4 Å². The average Bonchev–Trinajstić information content (AvgIpc) is 3.31. The Morgan fingerprint density at radius 1 is 0.968 bits per heavy atom. The molecule has 2 heterocycles. The Bertz CT molecular complexity index is 1200. The van der Waals surface area contributed by atoms with Gasteiger partial charge in [-0.25, -0.2) is 4.98 Å². The van der Waals surface area contributed by atoms with Crippen molar-refractivity contribution in [3.63, 3.8) is 0 Å². The molecule has 4 aromatic rings. The highest BCUT2D eigenvalue weighted by Crippen LogP contribution is 2.45. The van der Waals surface area contributed by atoms with Crippen LogP contribution >= 0.6 is 11.3 Å². The molecule has 31 heavy (non-hydrogen) atoms. The number of thiazole rings is 1. The van der Waals surface area contributed by atoms with Gasteiger partial charge in [-0.15, -0.1) is 17.9 Å². The van der Waals surface area contributed by atoms with E-state index in [1.165, 1.54) is 11.3 Å². The van der Waals surface area contributed by atoms with Crippen molar-refractivity contribution in [2.24, 2.45) is 0 Å². The van der Waals surface area contributed by atoms with Crippen LogP contribution in [0.15, 0.2) is 96.9 Å². The largest absolute Gasteiger partial charge is 0.457 e. The van der Waals surface area contributed by atoms with Crippen LogP contribution in [0.4, 0.5) is 5.13 Å². The van der Waals surface area contributed by atoms with Gasteiger partial charge in [-0.1, -0.05) is 72.8 Å². The second-order valence-corrected chi connectivity index (χ2v) is 8.07. The fraction of sp³-hybridized carbons (Fsp3) is 0.0769. The third-order valence-electron chi connectivity index (χ3n) is 5.30. The van der Waals surface area contributed by atoms with Crippen LogP contribution in [0.1, 0.15) is 17.0 Å². The molecule has 1 aliphatic rings. The SMILES string of the molecule is C=CCN(C(=O)C1c2ccccc2Oc2ccccc21)c1nc(-c2ccccc2)cs1. The Kier molecular flexibility index (Phi) is 5.10. The van der Waals surface area contributed by atoms with Crippen LogP contribution in [0, 0.1) is 0 Å². The van der Waals surface area contributed by atoms with Crippen molar-refractivity contribution in [1.29, 1.82) is 0 Å². The number of hydrogen-bond donors (Lipinski definition) is 0. The molecule has 152 valence electrons. The van der Waals surface area contributed by atoms with Crippen LogP contribution in [0.2, 0.25) is 0 Å². The van der Waals surface area contributed by atoms with E-state index in [0.717, 1.165) is 22.4 Å². The predicted molar refractivity (Wildman–Crippen MR) is 125 cm³/mol. The fourth-order valence-electron chi connectivity index (χ4n) is 3.85. The number of benzene rings is 3. The van der Waals surface area contributed by atoms with E-state index in [0.29, 0.717) is 23.2 Å². The Morgan fingerprint density at radius 3 is 2.23 bits per heavy atom. The molecule has 0 fully saturated rings. The van der Waals surface area contributed by atoms with Crippen molar-refractivity contribution in [2.75, 3.05) is 11.4 Å². The molecule has 1 aliphatic heterocycles. The minimum absolute atomic E-state index is 0.0444. The van der Waals surface area contributed by atoms with Crippen molar-refractivity contribution < 1.29 is 9.53 Å². The summed E-state index contributed by atoms with van der Waals surface area (Å²) in [6, 6.07) is 25.4. The van der Waals surface area contributed by atoms with Crippen LogP contribution < -0.4 is 9.64 Å². The maximum absolute atomic E-state index is 13.9. The van der Waals surface area contributed by atoms with E-state index in [1.54, 1.807) is 11.0 Å². The molecule has 4 nitrogen and oxygen atoms in total. The highest BCUT2D eigenvalue weighted by atomic mass is 32.1. The second-order valence-electron chi connectivity index (χ2n) is 7.23. The number of nitrogens with zero attached hydrogens (tertiary/aromatic N) is 2. The summed E-state index contributed by atoms with van der Waals surface area (Å²) in [5.74, 6) is 0.909. The highest BCUT2D eigenvalue weighted by molar-refractivity contribution is 7.14. The Labute approximate surface area is 185 Å². The summed E-state index contributed by atoms with van der Waals surface area (Å²) >= 11 is 1.46. The maximum Gasteiger partial charge on any atom is 0.241 e. The summed E-state index contributed by atoms with van der Waals surface area (Å²) in [5.41, 5.74) is 3.60. The van der Waals surface area contributed by atoms with E-state index in [1.807, 2.05) is 84.2 Å². The number of carbonyl (C=O) groups excluding carboxylic acids is 1. The van der Waals surface area contributed by atoms with Crippen molar-refractivity contribution in [3.05, 3.63) is 108 Å². The Morgan fingerprint density at radius 2 is 1.58 bits per heavy atom. The summed E-state index contributed by atoms with van der Waals surface area (Å²) in [4.78, 5) is 20.4. The van der Waals surface area contributed by atoms with Gasteiger partial charge in [0.05, 0.1) is 11.6 Å². The molecule has 1 aromatic heterocycles. The van der Waals surface area contributed by atoms with E-state index >= 15 is 0 Å². The van der Waals surface area contributed by atoms with E-state index in [4.69, 9.17) is 9.72 Å². The number of fused-ring (bicyclic) bond motifs is 2. The second kappa shape index (κ2) is 8.20. The van der Waals surface area contributed by atoms with Crippen molar-refractivity contribution >= 4 is 22.4 Å². The van der Waals surface area contributed by atoms with E-state index in [-0.39, 0.29) is 5.91 Å². The predicted octanol–water partition coefficient (Wildman–Crippen LogP) is 6.27. The molecule has 0 saturated heterocycles. The van der Waals surface area contributed by atoms with Crippen LogP contribution in [0.25, 0.3) is 11.3 Å². The van der Waals surface area contributed by atoms with E-state index in [2.05, 4.69) is 6.58 Å². The van der Waals surface area contributed by atoms with Gasteiger partial charge in [-0.3, -0.25) is 9.69 Å². The Hall–Kier alpha value is -3.70. The zero-order chi connectivity index (χ0) is 21.2. The van der Waals surface area contributed by atoms with Gasteiger partial charge in [-0.05, 0) is 12.1 Å². The molecular formula is C26H20N2O2S. The zero-order valence-electron chi connectivity index (χ0n) is 16.8. The molecule has 0 radical (unpaired) electrons. The molecule has 5 heteroatoms. The first-order valence-corrected chi connectivity index (χ1v) is 10.9. The van der Waals surface area contributed by atoms with Crippen molar-refractivity contribution in [3.8, 4) is 22.8 Å². The molecule has 0 bridgehead atoms. The van der Waals surface area contributed by atoms with E-state index in [9.17, 15) is 4.79 Å². The van der Waals surface area contributed by atoms with Gasteiger partial charge in [0.25, 0.3) is 0 Å². The number of ether oxygens (including phenoxy) is 1. The summed E-state index contributed by atoms with van der Waals surface area (Å²) in [7, 11) is 0.